The number of halogens is 1. The van der Waals surface area contributed by atoms with E-state index < -0.39 is 0 Å². The zero-order valence-corrected chi connectivity index (χ0v) is 13.2. The Morgan fingerprint density at radius 3 is 2.86 bits per heavy atom. The van der Waals surface area contributed by atoms with E-state index in [-0.39, 0.29) is 6.04 Å². The van der Waals surface area contributed by atoms with E-state index in [1.165, 1.54) is 11.1 Å². The summed E-state index contributed by atoms with van der Waals surface area (Å²) in [6, 6.07) is 16.6. The molecule has 21 heavy (non-hydrogen) atoms. The molecule has 1 aliphatic rings. The van der Waals surface area contributed by atoms with Gasteiger partial charge in [0.25, 0.3) is 0 Å². The maximum Gasteiger partial charge on any atom is 0.101 e. The van der Waals surface area contributed by atoms with E-state index in [0.717, 1.165) is 23.1 Å². The summed E-state index contributed by atoms with van der Waals surface area (Å²) in [5, 5.41) is 9.37. The molecule has 0 amide bonds. The molecule has 2 aromatic rings. The molecule has 1 atom stereocenters. The molecule has 1 heterocycles. The topological polar surface area (TPSA) is 53.0 Å². The molecule has 106 valence electrons. The van der Waals surface area contributed by atoms with Gasteiger partial charge in [0.1, 0.15) is 6.07 Å². The lowest BCUT2D eigenvalue weighted by molar-refractivity contribution is 0.590. The van der Waals surface area contributed by atoms with Gasteiger partial charge < -0.3 is 10.6 Å². The van der Waals surface area contributed by atoms with Crippen LogP contribution in [0.5, 0.6) is 0 Å². The molecular formula is C17H16BrN3. The van der Waals surface area contributed by atoms with Crippen molar-refractivity contribution in [3.63, 3.8) is 0 Å². The Balaban J connectivity index is 2.08. The maximum atomic E-state index is 9.37. The molecule has 0 spiro atoms. The Bertz CT molecular complexity index is 705. The summed E-state index contributed by atoms with van der Waals surface area (Å²) in [6.07, 6.45) is 0.976. The minimum Gasteiger partial charge on any atom is -0.362 e. The van der Waals surface area contributed by atoms with Gasteiger partial charge in [0.2, 0.25) is 0 Å². The van der Waals surface area contributed by atoms with Crippen molar-refractivity contribution in [1.29, 1.82) is 5.26 Å². The number of rotatable bonds is 2. The van der Waals surface area contributed by atoms with E-state index in [1.54, 1.807) is 0 Å². The first-order chi connectivity index (χ1) is 10.2. The fourth-order valence-corrected chi connectivity index (χ4v) is 3.38. The SMILES string of the molecule is N#Cc1ccc(Br)cc1N1CCc2ccccc2C1CN. The van der Waals surface area contributed by atoms with E-state index in [1.807, 2.05) is 18.2 Å². The summed E-state index contributed by atoms with van der Waals surface area (Å²) in [5.41, 5.74) is 10.3. The van der Waals surface area contributed by atoms with Crippen LogP contribution < -0.4 is 10.6 Å². The molecule has 2 N–H and O–H groups in total. The van der Waals surface area contributed by atoms with Gasteiger partial charge in [-0.1, -0.05) is 40.2 Å². The monoisotopic (exact) mass is 341 g/mol. The molecule has 0 bridgehead atoms. The largest absolute Gasteiger partial charge is 0.362 e. The number of hydrogen-bond acceptors (Lipinski definition) is 3. The van der Waals surface area contributed by atoms with Gasteiger partial charge in [-0.15, -0.1) is 0 Å². The van der Waals surface area contributed by atoms with Gasteiger partial charge >= 0.3 is 0 Å². The molecular weight excluding hydrogens is 326 g/mol. The Hall–Kier alpha value is -1.83. The first-order valence-corrected chi connectivity index (χ1v) is 7.78. The van der Waals surface area contributed by atoms with Crippen LogP contribution in [0.4, 0.5) is 5.69 Å². The van der Waals surface area contributed by atoms with Crippen LogP contribution in [-0.2, 0) is 6.42 Å². The van der Waals surface area contributed by atoms with Crippen LogP contribution in [0, 0.1) is 11.3 Å². The molecule has 3 rings (SSSR count). The van der Waals surface area contributed by atoms with Crippen LogP contribution in [0.15, 0.2) is 46.9 Å². The molecule has 0 aliphatic carbocycles. The van der Waals surface area contributed by atoms with Crippen molar-refractivity contribution in [2.75, 3.05) is 18.0 Å². The lowest BCUT2D eigenvalue weighted by Crippen LogP contribution is -2.39. The molecule has 0 aromatic heterocycles. The van der Waals surface area contributed by atoms with Gasteiger partial charge in [0.05, 0.1) is 17.3 Å². The predicted octanol–water partition coefficient (Wildman–Crippen LogP) is 3.38. The third kappa shape index (κ3) is 2.55. The molecule has 3 nitrogen and oxygen atoms in total. The smallest absolute Gasteiger partial charge is 0.101 e. The normalized spacial score (nSPS) is 17.2. The second-order valence-corrected chi connectivity index (χ2v) is 6.08. The van der Waals surface area contributed by atoms with Gasteiger partial charge in [-0.3, -0.25) is 0 Å². The van der Waals surface area contributed by atoms with Crippen molar-refractivity contribution in [2.45, 2.75) is 12.5 Å². The number of fused-ring (bicyclic) bond motifs is 1. The van der Waals surface area contributed by atoms with Crippen LogP contribution in [0.25, 0.3) is 0 Å². The quantitative estimate of drug-likeness (QED) is 0.910. The molecule has 4 heteroatoms. The van der Waals surface area contributed by atoms with E-state index in [4.69, 9.17) is 5.73 Å². The summed E-state index contributed by atoms with van der Waals surface area (Å²) < 4.78 is 0.978. The van der Waals surface area contributed by atoms with Crippen molar-refractivity contribution in [3.05, 3.63) is 63.6 Å². The van der Waals surface area contributed by atoms with Crippen molar-refractivity contribution >= 4 is 21.6 Å². The Morgan fingerprint density at radius 1 is 1.29 bits per heavy atom. The van der Waals surface area contributed by atoms with Crippen LogP contribution in [-0.4, -0.2) is 13.1 Å². The highest BCUT2D eigenvalue weighted by molar-refractivity contribution is 9.10. The van der Waals surface area contributed by atoms with Gasteiger partial charge in [-0.25, -0.2) is 0 Å². The molecule has 0 saturated carbocycles. The highest BCUT2D eigenvalue weighted by Crippen LogP contribution is 2.35. The number of nitrogens with two attached hydrogens (primary N) is 1. The Labute approximate surface area is 133 Å². The first-order valence-electron chi connectivity index (χ1n) is 6.98. The number of benzene rings is 2. The van der Waals surface area contributed by atoms with E-state index in [9.17, 15) is 5.26 Å². The lowest BCUT2D eigenvalue weighted by Gasteiger charge is -2.39. The summed E-state index contributed by atoms with van der Waals surface area (Å²) in [5.74, 6) is 0. The van der Waals surface area contributed by atoms with Crippen molar-refractivity contribution in [1.82, 2.24) is 0 Å². The minimum atomic E-state index is 0.122. The van der Waals surface area contributed by atoms with Gasteiger partial charge in [0.15, 0.2) is 0 Å². The summed E-state index contributed by atoms with van der Waals surface area (Å²) >= 11 is 3.50. The fraction of sp³-hybridized carbons (Fsp3) is 0.235. The highest BCUT2D eigenvalue weighted by Gasteiger charge is 2.27. The molecule has 0 saturated heterocycles. The average Bonchev–Trinajstić information content (AvgIpc) is 2.53. The Kier molecular flexibility index (Phi) is 3.96. The number of nitrogens with zero attached hydrogens (tertiary/aromatic N) is 2. The van der Waals surface area contributed by atoms with Gasteiger partial charge in [0, 0.05) is 17.6 Å². The first kappa shape index (κ1) is 14.1. The van der Waals surface area contributed by atoms with Crippen LogP contribution in [0.2, 0.25) is 0 Å². The number of hydrogen-bond donors (Lipinski definition) is 1. The zero-order chi connectivity index (χ0) is 14.8. The highest BCUT2D eigenvalue weighted by atomic mass is 79.9. The molecule has 0 radical (unpaired) electrons. The van der Waals surface area contributed by atoms with E-state index in [2.05, 4.69) is 51.2 Å². The number of nitriles is 1. The summed E-state index contributed by atoms with van der Waals surface area (Å²) in [7, 11) is 0. The van der Waals surface area contributed by atoms with Crippen LogP contribution >= 0.6 is 15.9 Å². The lowest BCUT2D eigenvalue weighted by atomic mass is 9.91. The summed E-state index contributed by atoms with van der Waals surface area (Å²) in [4.78, 5) is 2.26. The van der Waals surface area contributed by atoms with Crippen molar-refractivity contribution in [3.8, 4) is 6.07 Å². The molecule has 2 aromatic carbocycles. The standard InChI is InChI=1S/C17H16BrN3/c18-14-6-5-13(10-19)16(9-14)21-8-7-12-3-1-2-4-15(12)17(21)11-20/h1-6,9,17H,7-8,11,20H2. The predicted molar refractivity (Wildman–Crippen MR) is 88.1 cm³/mol. The minimum absolute atomic E-state index is 0.122. The fourth-order valence-electron chi connectivity index (χ4n) is 3.03. The molecule has 0 fully saturated rings. The van der Waals surface area contributed by atoms with E-state index >= 15 is 0 Å². The average molecular weight is 342 g/mol. The third-order valence-corrected chi connectivity index (χ3v) is 4.52. The second-order valence-electron chi connectivity index (χ2n) is 5.17. The maximum absolute atomic E-state index is 9.37. The van der Waals surface area contributed by atoms with E-state index in [0.29, 0.717) is 12.1 Å². The Morgan fingerprint density at radius 2 is 2.10 bits per heavy atom. The van der Waals surface area contributed by atoms with Crippen molar-refractivity contribution in [2.24, 2.45) is 5.73 Å². The summed E-state index contributed by atoms with van der Waals surface area (Å²) in [6.45, 7) is 1.42. The second kappa shape index (κ2) is 5.88. The van der Waals surface area contributed by atoms with Crippen molar-refractivity contribution < 1.29 is 0 Å². The van der Waals surface area contributed by atoms with Crippen LogP contribution in [0.3, 0.4) is 0 Å². The molecule has 1 unspecified atom stereocenters. The van der Waals surface area contributed by atoms with Gasteiger partial charge in [-0.05, 0) is 35.7 Å². The van der Waals surface area contributed by atoms with Gasteiger partial charge in [-0.2, -0.15) is 5.26 Å². The molecule has 1 aliphatic heterocycles. The van der Waals surface area contributed by atoms with Crippen LogP contribution in [0.1, 0.15) is 22.7 Å². The third-order valence-electron chi connectivity index (χ3n) is 4.03. The zero-order valence-electron chi connectivity index (χ0n) is 11.6. The number of anilines is 1.